The molecule has 2 nitrogen and oxygen atoms in total. The number of halogens is 1. The van der Waals surface area contributed by atoms with Gasteiger partial charge < -0.3 is 4.90 Å². The van der Waals surface area contributed by atoms with Crippen molar-refractivity contribution in [1.29, 1.82) is 0 Å². The van der Waals surface area contributed by atoms with Crippen molar-refractivity contribution in [3.63, 3.8) is 0 Å². The van der Waals surface area contributed by atoms with Crippen molar-refractivity contribution in [1.82, 2.24) is 4.98 Å². The lowest BCUT2D eigenvalue weighted by atomic mass is 9.74. The Hall–Kier alpha value is -0.760. The smallest absolute Gasteiger partial charge is 0.129 e. The summed E-state index contributed by atoms with van der Waals surface area (Å²) < 4.78 is 0. The van der Waals surface area contributed by atoms with Crippen molar-refractivity contribution >= 4 is 17.4 Å². The zero-order chi connectivity index (χ0) is 13.9. The van der Waals surface area contributed by atoms with Gasteiger partial charge >= 0.3 is 0 Å². The molecule has 0 radical (unpaired) electrons. The molecule has 1 saturated heterocycles. The number of alkyl halides is 1. The number of hydrogen-bond acceptors (Lipinski definition) is 2. The van der Waals surface area contributed by atoms with Crippen LogP contribution in [0.25, 0.3) is 0 Å². The minimum absolute atomic E-state index is 0.565. The fraction of sp³-hybridized carbons (Fsp3) is 0.688. The first kappa shape index (κ1) is 14.6. The molecule has 0 aromatic carbocycles. The molecule has 0 aliphatic carbocycles. The minimum Gasteiger partial charge on any atom is -0.357 e. The third-order valence-corrected chi connectivity index (χ3v) is 5.11. The summed E-state index contributed by atoms with van der Waals surface area (Å²) in [5.41, 5.74) is 2.80. The molecule has 0 atom stereocenters. The second-order valence-corrected chi connectivity index (χ2v) is 6.07. The van der Waals surface area contributed by atoms with Gasteiger partial charge in [0.25, 0.3) is 0 Å². The Bertz CT molecular complexity index is 417. The van der Waals surface area contributed by atoms with E-state index in [4.69, 9.17) is 11.6 Å². The Morgan fingerprint density at radius 3 is 2.37 bits per heavy atom. The van der Waals surface area contributed by atoms with Crippen LogP contribution in [0.3, 0.4) is 0 Å². The van der Waals surface area contributed by atoms with E-state index < -0.39 is 0 Å². The second-order valence-electron chi connectivity index (χ2n) is 5.80. The number of aromatic nitrogens is 1. The van der Waals surface area contributed by atoms with Gasteiger partial charge in [-0.05, 0) is 42.9 Å². The largest absolute Gasteiger partial charge is 0.357 e. The van der Waals surface area contributed by atoms with Gasteiger partial charge in [-0.3, -0.25) is 0 Å². The molecule has 0 amide bonds. The maximum absolute atomic E-state index is 5.95. The topological polar surface area (TPSA) is 16.1 Å². The zero-order valence-electron chi connectivity index (χ0n) is 12.4. The average molecular weight is 281 g/mol. The SMILES string of the molecule is CCC1(CC)CCN(c2cc(CCl)cc(C)n2)CC1. The summed E-state index contributed by atoms with van der Waals surface area (Å²) in [7, 11) is 0. The molecule has 2 rings (SSSR count). The summed E-state index contributed by atoms with van der Waals surface area (Å²) in [6.07, 6.45) is 5.16. The van der Waals surface area contributed by atoms with Gasteiger partial charge in [0.15, 0.2) is 0 Å². The number of rotatable bonds is 4. The summed E-state index contributed by atoms with van der Waals surface area (Å²) in [4.78, 5) is 7.10. The van der Waals surface area contributed by atoms with E-state index in [0.717, 1.165) is 24.6 Å². The van der Waals surface area contributed by atoms with Gasteiger partial charge in [-0.1, -0.05) is 26.7 Å². The van der Waals surface area contributed by atoms with Crippen molar-refractivity contribution in [2.24, 2.45) is 5.41 Å². The Morgan fingerprint density at radius 2 is 1.84 bits per heavy atom. The molecule has 19 heavy (non-hydrogen) atoms. The van der Waals surface area contributed by atoms with E-state index in [1.165, 1.54) is 31.2 Å². The number of pyridine rings is 1. The predicted molar refractivity (Wildman–Crippen MR) is 83.0 cm³/mol. The molecule has 1 aliphatic heterocycles. The average Bonchev–Trinajstić information content (AvgIpc) is 2.46. The summed E-state index contributed by atoms with van der Waals surface area (Å²) in [6.45, 7) is 8.96. The van der Waals surface area contributed by atoms with Gasteiger partial charge in [-0.15, -0.1) is 11.6 Å². The van der Waals surface area contributed by atoms with Crippen LogP contribution in [0.4, 0.5) is 5.82 Å². The van der Waals surface area contributed by atoms with E-state index in [2.05, 4.69) is 35.9 Å². The molecule has 1 aromatic heterocycles. The highest BCUT2D eigenvalue weighted by Gasteiger charge is 2.31. The normalized spacial score (nSPS) is 18.6. The first-order valence-corrected chi connectivity index (χ1v) is 7.94. The Morgan fingerprint density at radius 1 is 1.21 bits per heavy atom. The summed E-state index contributed by atoms with van der Waals surface area (Å²) in [6, 6.07) is 4.22. The molecule has 1 aliphatic rings. The monoisotopic (exact) mass is 280 g/mol. The first-order valence-electron chi connectivity index (χ1n) is 7.41. The van der Waals surface area contributed by atoms with Gasteiger partial charge in [0, 0.05) is 24.7 Å². The highest BCUT2D eigenvalue weighted by Crippen LogP contribution is 2.38. The lowest BCUT2D eigenvalue weighted by Gasteiger charge is -2.41. The fourth-order valence-corrected chi connectivity index (χ4v) is 3.28. The zero-order valence-corrected chi connectivity index (χ0v) is 13.1. The van der Waals surface area contributed by atoms with Gasteiger partial charge in [0.1, 0.15) is 5.82 Å². The number of aryl methyl sites for hydroxylation is 1. The van der Waals surface area contributed by atoms with Gasteiger partial charge in [-0.2, -0.15) is 0 Å². The molecule has 0 unspecified atom stereocenters. The number of nitrogens with zero attached hydrogens (tertiary/aromatic N) is 2. The van der Waals surface area contributed by atoms with Crippen molar-refractivity contribution in [3.8, 4) is 0 Å². The molecule has 1 fully saturated rings. The first-order chi connectivity index (χ1) is 9.12. The third kappa shape index (κ3) is 3.22. The molecule has 2 heterocycles. The molecular formula is C16H25ClN2. The Balaban J connectivity index is 2.11. The van der Waals surface area contributed by atoms with Crippen LogP contribution < -0.4 is 4.90 Å². The van der Waals surface area contributed by atoms with Crippen LogP contribution >= 0.6 is 11.6 Å². The van der Waals surface area contributed by atoms with Gasteiger partial charge in [0.05, 0.1) is 0 Å². The van der Waals surface area contributed by atoms with E-state index >= 15 is 0 Å². The second kappa shape index (κ2) is 6.13. The molecule has 0 saturated carbocycles. The van der Waals surface area contributed by atoms with Crippen molar-refractivity contribution in [3.05, 3.63) is 23.4 Å². The van der Waals surface area contributed by atoms with Crippen LogP contribution in [0.1, 0.15) is 50.8 Å². The summed E-state index contributed by atoms with van der Waals surface area (Å²) in [5.74, 6) is 1.68. The summed E-state index contributed by atoms with van der Waals surface area (Å²) >= 11 is 5.95. The van der Waals surface area contributed by atoms with Crippen molar-refractivity contribution in [2.45, 2.75) is 52.3 Å². The van der Waals surface area contributed by atoms with E-state index in [9.17, 15) is 0 Å². The number of hydrogen-bond donors (Lipinski definition) is 0. The van der Waals surface area contributed by atoms with Crippen LogP contribution in [0.15, 0.2) is 12.1 Å². The number of piperidine rings is 1. The molecule has 0 spiro atoms. The van der Waals surface area contributed by atoms with Gasteiger partial charge in [0.2, 0.25) is 0 Å². The van der Waals surface area contributed by atoms with Crippen molar-refractivity contribution in [2.75, 3.05) is 18.0 Å². The third-order valence-electron chi connectivity index (χ3n) is 4.80. The maximum atomic E-state index is 5.95. The van der Waals surface area contributed by atoms with Crippen LogP contribution in [-0.4, -0.2) is 18.1 Å². The van der Waals surface area contributed by atoms with E-state index in [0.29, 0.717) is 11.3 Å². The fourth-order valence-electron chi connectivity index (χ4n) is 3.13. The van der Waals surface area contributed by atoms with E-state index in [1.54, 1.807) is 0 Å². The molecular weight excluding hydrogens is 256 g/mol. The van der Waals surface area contributed by atoms with Gasteiger partial charge in [-0.25, -0.2) is 4.98 Å². The highest BCUT2D eigenvalue weighted by atomic mass is 35.5. The molecule has 106 valence electrons. The molecule has 0 N–H and O–H groups in total. The lowest BCUT2D eigenvalue weighted by molar-refractivity contribution is 0.199. The van der Waals surface area contributed by atoms with E-state index in [1.807, 2.05) is 6.92 Å². The summed E-state index contributed by atoms with van der Waals surface area (Å²) in [5, 5.41) is 0. The van der Waals surface area contributed by atoms with Crippen LogP contribution in [0.2, 0.25) is 0 Å². The molecule has 1 aromatic rings. The van der Waals surface area contributed by atoms with Crippen molar-refractivity contribution < 1.29 is 0 Å². The Kier molecular flexibility index (Phi) is 4.72. The highest BCUT2D eigenvalue weighted by molar-refractivity contribution is 6.17. The van der Waals surface area contributed by atoms with E-state index in [-0.39, 0.29) is 0 Å². The molecule has 3 heteroatoms. The Labute approximate surface area is 122 Å². The minimum atomic E-state index is 0.565. The predicted octanol–water partition coefficient (Wildman–Crippen LogP) is 4.54. The van der Waals surface area contributed by atoms with Crippen LogP contribution in [-0.2, 0) is 5.88 Å². The quantitative estimate of drug-likeness (QED) is 0.753. The maximum Gasteiger partial charge on any atom is 0.129 e. The standard InChI is InChI=1S/C16H25ClN2/c1-4-16(5-2)6-8-19(9-7-16)15-11-14(12-17)10-13(3)18-15/h10-11H,4-9,12H2,1-3H3. The lowest BCUT2D eigenvalue weighted by Crippen LogP contribution is -2.40. The van der Waals surface area contributed by atoms with Crippen LogP contribution in [0, 0.1) is 12.3 Å². The molecule has 0 bridgehead atoms. The van der Waals surface area contributed by atoms with Crippen LogP contribution in [0.5, 0.6) is 0 Å². The number of anilines is 1.